The van der Waals surface area contributed by atoms with Crippen molar-refractivity contribution >= 4 is 12.1 Å². The van der Waals surface area contributed by atoms with Crippen molar-refractivity contribution in [1.29, 1.82) is 0 Å². The fourth-order valence-corrected chi connectivity index (χ4v) is 3.61. The highest BCUT2D eigenvalue weighted by Crippen LogP contribution is 2.44. The summed E-state index contributed by atoms with van der Waals surface area (Å²) in [5.41, 5.74) is 4.36. The van der Waals surface area contributed by atoms with Crippen molar-refractivity contribution in [3.05, 3.63) is 59.7 Å². The van der Waals surface area contributed by atoms with E-state index in [1.807, 2.05) is 45.0 Å². The summed E-state index contributed by atoms with van der Waals surface area (Å²) in [7, 11) is 0. The number of ether oxygens (including phenoxy) is 1. The van der Waals surface area contributed by atoms with Crippen LogP contribution in [0.4, 0.5) is 4.79 Å². The highest BCUT2D eigenvalue weighted by molar-refractivity contribution is 5.79. The molecule has 2 aromatic carbocycles. The number of amides is 1. The number of rotatable bonds is 5. The third kappa shape index (κ3) is 4.30. The normalized spacial score (nSPS) is 13.0. The Bertz CT molecular complexity index is 808. The van der Waals surface area contributed by atoms with Gasteiger partial charge in [-0.3, -0.25) is 9.69 Å². The second kappa shape index (κ2) is 7.43. The van der Waals surface area contributed by atoms with Gasteiger partial charge in [-0.25, -0.2) is 4.79 Å². The zero-order chi connectivity index (χ0) is 19.6. The lowest BCUT2D eigenvalue weighted by Gasteiger charge is -2.28. The van der Waals surface area contributed by atoms with Gasteiger partial charge in [-0.15, -0.1) is 0 Å². The molecule has 0 aliphatic heterocycles. The molecule has 0 fully saturated rings. The van der Waals surface area contributed by atoms with Crippen LogP contribution in [0.2, 0.25) is 0 Å². The molecule has 5 heteroatoms. The maximum atomic E-state index is 12.6. The predicted octanol–water partition coefficient (Wildman–Crippen LogP) is 4.37. The van der Waals surface area contributed by atoms with Crippen molar-refractivity contribution in [1.82, 2.24) is 4.90 Å². The molecule has 0 radical (unpaired) electrons. The molecule has 0 unspecified atom stereocenters. The van der Waals surface area contributed by atoms with Crippen molar-refractivity contribution in [3.63, 3.8) is 0 Å². The van der Waals surface area contributed by atoms with E-state index in [4.69, 9.17) is 9.84 Å². The van der Waals surface area contributed by atoms with Crippen LogP contribution in [0.5, 0.6) is 0 Å². The molecule has 5 nitrogen and oxygen atoms in total. The van der Waals surface area contributed by atoms with Crippen LogP contribution in [-0.4, -0.2) is 41.8 Å². The van der Waals surface area contributed by atoms with E-state index in [0.29, 0.717) is 6.54 Å². The first kappa shape index (κ1) is 19.0. The lowest BCUT2D eigenvalue weighted by atomic mass is 9.96. The van der Waals surface area contributed by atoms with E-state index in [1.165, 1.54) is 4.90 Å². The summed E-state index contributed by atoms with van der Waals surface area (Å²) in [6.07, 6.45) is -0.589. The first-order chi connectivity index (χ1) is 12.8. The molecule has 0 spiro atoms. The van der Waals surface area contributed by atoms with Crippen molar-refractivity contribution < 1.29 is 19.4 Å². The Hall–Kier alpha value is -2.82. The molecule has 0 heterocycles. The number of carbonyl (C=O) groups excluding carboxylic acids is 1. The molecule has 142 valence electrons. The SMILES string of the molecule is CC(C)(C)CN(CC(=O)O)C(=O)OCC1c2ccccc2-c2ccccc21. The molecule has 1 aliphatic rings. The van der Waals surface area contributed by atoms with Gasteiger partial charge in [0.05, 0.1) is 0 Å². The van der Waals surface area contributed by atoms with E-state index >= 15 is 0 Å². The molecule has 2 aromatic rings. The largest absolute Gasteiger partial charge is 0.480 e. The minimum absolute atomic E-state index is 0.0392. The summed E-state index contributed by atoms with van der Waals surface area (Å²) in [5, 5.41) is 9.12. The maximum absolute atomic E-state index is 12.6. The average Bonchev–Trinajstić information content (AvgIpc) is 2.91. The molecule has 27 heavy (non-hydrogen) atoms. The van der Waals surface area contributed by atoms with E-state index in [2.05, 4.69) is 24.3 Å². The summed E-state index contributed by atoms with van der Waals surface area (Å²) in [6.45, 7) is 6.01. The van der Waals surface area contributed by atoms with Gasteiger partial charge in [0.1, 0.15) is 13.2 Å². The Morgan fingerprint density at radius 3 is 2.00 bits per heavy atom. The monoisotopic (exact) mass is 367 g/mol. The van der Waals surface area contributed by atoms with Crippen LogP contribution in [-0.2, 0) is 9.53 Å². The molecule has 1 N–H and O–H groups in total. The van der Waals surface area contributed by atoms with Crippen LogP contribution in [0.25, 0.3) is 11.1 Å². The Morgan fingerprint density at radius 2 is 1.52 bits per heavy atom. The average molecular weight is 367 g/mol. The molecule has 0 bridgehead atoms. The Balaban J connectivity index is 1.77. The van der Waals surface area contributed by atoms with Crippen LogP contribution >= 0.6 is 0 Å². The van der Waals surface area contributed by atoms with E-state index < -0.39 is 12.1 Å². The van der Waals surface area contributed by atoms with Gasteiger partial charge < -0.3 is 9.84 Å². The van der Waals surface area contributed by atoms with Gasteiger partial charge in [0.15, 0.2) is 0 Å². The Labute approximate surface area is 159 Å². The minimum atomic E-state index is -1.05. The molecular weight excluding hydrogens is 342 g/mol. The predicted molar refractivity (Wildman–Crippen MR) is 104 cm³/mol. The fourth-order valence-electron chi connectivity index (χ4n) is 3.61. The van der Waals surface area contributed by atoms with Gasteiger partial charge in [-0.05, 0) is 27.7 Å². The topological polar surface area (TPSA) is 66.8 Å². The third-order valence-corrected chi connectivity index (χ3v) is 4.59. The van der Waals surface area contributed by atoms with E-state index in [1.54, 1.807) is 0 Å². The molecule has 3 rings (SSSR count). The molecule has 1 amide bonds. The number of hydrogen-bond acceptors (Lipinski definition) is 3. The van der Waals surface area contributed by atoms with E-state index in [-0.39, 0.29) is 24.5 Å². The molecule has 1 aliphatic carbocycles. The van der Waals surface area contributed by atoms with E-state index in [0.717, 1.165) is 22.3 Å². The van der Waals surface area contributed by atoms with Gasteiger partial charge in [-0.1, -0.05) is 69.3 Å². The van der Waals surface area contributed by atoms with Gasteiger partial charge >= 0.3 is 12.1 Å². The summed E-state index contributed by atoms with van der Waals surface area (Å²) in [4.78, 5) is 25.0. The number of carbonyl (C=O) groups is 2. The lowest BCUT2D eigenvalue weighted by Crippen LogP contribution is -2.41. The molecule has 0 atom stereocenters. The van der Waals surface area contributed by atoms with E-state index in [9.17, 15) is 9.59 Å². The second-order valence-electron chi connectivity index (χ2n) is 8.11. The zero-order valence-electron chi connectivity index (χ0n) is 15.9. The number of nitrogens with zero attached hydrogens (tertiary/aromatic N) is 1. The first-order valence-electron chi connectivity index (χ1n) is 9.08. The molecule has 0 saturated carbocycles. The van der Waals surface area contributed by atoms with Crippen molar-refractivity contribution in [2.75, 3.05) is 19.7 Å². The molecule has 0 aromatic heterocycles. The fraction of sp³-hybridized carbons (Fsp3) is 0.364. The van der Waals surface area contributed by atoms with Gasteiger partial charge in [-0.2, -0.15) is 0 Å². The van der Waals surface area contributed by atoms with Crippen LogP contribution in [0, 0.1) is 5.41 Å². The Morgan fingerprint density at radius 1 is 1.00 bits per heavy atom. The summed E-state index contributed by atoms with van der Waals surface area (Å²) in [6, 6.07) is 16.2. The summed E-state index contributed by atoms with van der Waals surface area (Å²) in [5.74, 6) is -1.09. The maximum Gasteiger partial charge on any atom is 0.410 e. The second-order valence-corrected chi connectivity index (χ2v) is 8.11. The minimum Gasteiger partial charge on any atom is -0.480 e. The van der Waals surface area contributed by atoms with Gasteiger partial charge in [0.2, 0.25) is 0 Å². The zero-order valence-corrected chi connectivity index (χ0v) is 15.9. The van der Waals surface area contributed by atoms with Crippen LogP contribution in [0.1, 0.15) is 37.8 Å². The number of carboxylic acid groups (broad SMARTS) is 1. The van der Waals surface area contributed by atoms with Crippen LogP contribution in [0.3, 0.4) is 0 Å². The summed E-state index contributed by atoms with van der Waals surface area (Å²) >= 11 is 0. The molecular formula is C22H25NO4. The quantitative estimate of drug-likeness (QED) is 0.852. The van der Waals surface area contributed by atoms with Gasteiger partial charge in [0.25, 0.3) is 0 Å². The first-order valence-corrected chi connectivity index (χ1v) is 9.08. The molecule has 0 saturated heterocycles. The lowest BCUT2D eigenvalue weighted by molar-refractivity contribution is -0.138. The van der Waals surface area contributed by atoms with Crippen LogP contribution < -0.4 is 0 Å². The third-order valence-electron chi connectivity index (χ3n) is 4.59. The smallest absolute Gasteiger partial charge is 0.410 e. The van der Waals surface area contributed by atoms with Crippen molar-refractivity contribution in [2.45, 2.75) is 26.7 Å². The summed E-state index contributed by atoms with van der Waals surface area (Å²) < 4.78 is 5.57. The standard InChI is InChI=1S/C22H25NO4/c1-22(2,3)14-23(12-20(24)25)21(26)27-13-19-17-10-6-4-8-15(17)16-9-5-7-11-18(16)19/h4-11,19H,12-14H2,1-3H3,(H,24,25). The highest BCUT2D eigenvalue weighted by atomic mass is 16.6. The number of fused-ring (bicyclic) bond motifs is 3. The van der Waals surface area contributed by atoms with Crippen molar-refractivity contribution in [3.8, 4) is 11.1 Å². The number of carboxylic acids is 1. The van der Waals surface area contributed by atoms with Crippen molar-refractivity contribution in [2.24, 2.45) is 5.41 Å². The van der Waals surface area contributed by atoms with Gasteiger partial charge in [0, 0.05) is 12.5 Å². The highest BCUT2D eigenvalue weighted by Gasteiger charge is 2.30. The number of hydrogen-bond donors (Lipinski definition) is 1. The Kier molecular flexibility index (Phi) is 5.22. The number of aliphatic carboxylic acids is 1. The van der Waals surface area contributed by atoms with Crippen LogP contribution in [0.15, 0.2) is 48.5 Å². The number of benzene rings is 2.